The highest BCUT2D eigenvalue weighted by atomic mass is 32.1. The molecule has 10 nitrogen and oxygen atoms in total. The number of anilines is 1. The van der Waals surface area contributed by atoms with Gasteiger partial charge in [-0.1, -0.05) is 36.5 Å². The lowest BCUT2D eigenvalue weighted by atomic mass is 10.1. The topological polar surface area (TPSA) is 140 Å². The van der Waals surface area contributed by atoms with Crippen molar-refractivity contribution in [2.45, 2.75) is 19.8 Å². The summed E-state index contributed by atoms with van der Waals surface area (Å²) in [5, 5.41) is 31.9. The number of non-ortho nitro benzene ring substituents is 1. The highest BCUT2D eigenvalue weighted by molar-refractivity contribution is 7.15. The normalized spacial score (nSPS) is 10.9. The summed E-state index contributed by atoms with van der Waals surface area (Å²) in [5.41, 5.74) is 0.424. The van der Waals surface area contributed by atoms with Gasteiger partial charge in [-0.05, 0) is 30.7 Å². The molecule has 11 heteroatoms. The number of nitro benzene ring substituents is 1. The van der Waals surface area contributed by atoms with Crippen LogP contribution in [0.2, 0.25) is 0 Å². The van der Waals surface area contributed by atoms with E-state index in [1.54, 1.807) is 24.3 Å². The number of nitrogens with zero attached hydrogens (tertiary/aromatic N) is 4. The van der Waals surface area contributed by atoms with E-state index < -0.39 is 10.8 Å². The van der Waals surface area contributed by atoms with Gasteiger partial charge in [-0.15, -0.1) is 10.2 Å². The molecule has 174 valence electrons. The Labute approximate surface area is 199 Å². The van der Waals surface area contributed by atoms with Gasteiger partial charge in [-0.25, -0.2) is 0 Å². The van der Waals surface area contributed by atoms with Crippen molar-refractivity contribution in [3.8, 4) is 17.6 Å². The summed E-state index contributed by atoms with van der Waals surface area (Å²) in [6, 6.07) is 14.6. The van der Waals surface area contributed by atoms with E-state index >= 15 is 0 Å². The monoisotopic (exact) mass is 479 g/mol. The van der Waals surface area contributed by atoms with E-state index in [-0.39, 0.29) is 24.5 Å². The maximum atomic E-state index is 12.5. The largest absolute Gasteiger partial charge is 0.490 e. The van der Waals surface area contributed by atoms with Crippen molar-refractivity contribution in [2.24, 2.45) is 0 Å². The number of rotatable bonds is 11. The van der Waals surface area contributed by atoms with Crippen molar-refractivity contribution in [1.82, 2.24) is 10.2 Å². The standard InChI is InChI=1S/C23H21N5O5S/c1-2-5-21-26-27-23(34-21)25-22(29)17(15-24)14-16-6-3-4-7-20(16)33-13-12-32-19-10-8-18(9-11-19)28(30)31/h3-4,6-11,14H,2,5,12-13H2,1H3,(H,25,27,29)/b17-14-. The summed E-state index contributed by atoms with van der Waals surface area (Å²) < 4.78 is 11.3. The highest BCUT2D eigenvalue weighted by Gasteiger charge is 2.14. The maximum Gasteiger partial charge on any atom is 0.269 e. The van der Waals surface area contributed by atoms with Gasteiger partial charge in [-0.2, -0.15) is 5.26 Å². The first-order chi connectivity index (χ1) is 16.5. The van der Waals surface area contributed by atoms with Crippen LogP contribution in [0.1, 0.15) is 23.9 Å². The zero-order chi connectivity index (χ0) is 24.3. The number of aryl methyl sites for hydroxylation is 1. The predicted molar refractivity (Wildman–Crippen MR) is 127 cm³/mol. The van der Waals surface area contributed by atoms with E-state index in [2.05, 4.69) is 15.5 Å². The lowest BCUT2D eigenvalue weighted by molar-refractivity contribution is -0.384. The Hall–Kier alpha value is -4.30. The van der Waals surface area contributed by atoms with Gasteiger partial charge >= 0.3 is 0 Å². The van der Waals surface area contributed by atoms with Crippen LogP contribution in [0.3, 0.4) is 0 Å². The van der Waals surface area contributed by atoms with Crippen molar-refractivity contribution in [3.05, 3.63) is 74.8 Å². The fourth-order valence-corrected chi connectivity index (χ4v) is 3.63. The first-order valence-electron chi connectivity index (χ1n) is 10.3. The number of carbonyl (C=O) groups excluding carboxylic acids is 1. The van der Waals surface area contributed by atoms with E-state index in [1.807, 2.05) is 13.0 Å². The Morgan fingerprint density at radius 3 is 2.62 bits per heavy atom. The van der Waals surface area contributed by atoms with Crippen LogP contribution in [0.15, 0.2) is 54.1 Å². The van der Waals surface area contributed by atoms with E-state index in [0.717, 1.165) is 17.8 Å². The number of amides is 1. The molecule has 0 saturated carbocycles. The molecule has 3 aromatic rings. The van der Waals surface area contributed by atoms with Gasteiger partial charge in [-0.3, -0.25) is 20.2 Å². The molecule has 0 aliphatic rings. The van der Waals surface area contributed by atoms with Gasteiger partial charge in [0.25, 0.3) is 11.6 Å². The average molecular weight is 480 g/mol. The number of nitriles is 1. The van der Waals surface area contributed by atoms with Crippen molar-refractivity contribution in [2.75, 3.05) is 18.5 Å². The second kappa shape index (κ2) is 12.1. The quantitative estimate of drug-likeness (QED) is 0.140. The predicted octanol–water partition coefficient (Wildman–Crippen LogP) is 4.40. The Balaban J connectivity index is 1.60. The SMILES string of the molecule is CCCc1nnc(NC(=O)/C(C#N)=C\c2ccccc2OCCOc2ccc([N+](=O)[O-])cc2)s1. The molecule has 1 N–H and O–H groups in total. The number of nitro groups is 1. The number of hydrogen-bond donors (Lipinski definition) is 1. The van der Waals surface area contributed by atoms with Crippen LogP contribution < -0.4 is 14.8 Å². The van der Waals surface area contributed by atoms with Gasteiger partial charge in [0.1, 0.15) is 41.4 Å². The van der Waals surface area contributed by atoms with Crippen LogP contribution in [-0.2, 0) is 11.2 Å². The second-order valence-corrected chi connectivity index (χ2v) is 7.92. The molecule has 0 aliphatic carbocycles. The Kier molecular flexibility index (Phi) is 8.65. The van der Waals surface area contributed by atoms with E-state index in [1.165, 1.54) is 41.7 Å². The molecule has 1 amide bonds. The van der Waals surface area contributed by atoms with Crippen molar-refractivity contribution in [1.29, 1.82) is 5.26 Å². The van der Waals surface area contributed by atoms with E-state index in [9.17, 15) is 20.2 Å². The molecular weight excluding hydrogens is 458 g/mol. The van der Waals surface area contributed by atoms with Crippen molar-refractivity contribution in [3.63, 3.8) is 0 Å². The summed E-state index contributed by atoms with van der Waals surface area (Å²) >= 11 is 1.27. The summed E-state index contributed by atoms with van der Waals surface area (Å²) in [7, 11) is 0. The Morgan fingerprint density at radius 1 is 1.18 bits per heavy atom. The zero-order valence-corrected chi connectivity index (χ0v) is 19.1. The maximum absolute atomic E-state index is 12.5. The van der Waals surface area contributed by atoms with Gasteiger partial charge < -0.3 is 9.47 Å². The minimum Gasteiger partial charge on any atom is -0.490 e. The molecule has 3 rings (SSSR count). The third-order valence-electron chi connectivity index (χ3n) is 4.39. The van der Waals surface area contributed by atoms with E-state index in [4.69, 9.17) is 9.47 Å². The molecule has 1 aromatic heterocycles. The van der Waals surface area contributed by atoms with Gasteiger partial charge in [0, 0.05) is 24.1 Å². The Morgan fingerprint density at radius 2 is 1.91 bits per heavy atom. The van der Waals surface area contributed by atoms with Crippen LogP contribution in [0.4, 0.5) is 10.8 Å². The highest BCUT2D eigenvalue weighted by Crippen LogP contribution is 2.23. The van der Waals surface area contributed by atoms with Gasteiger partial charge in [0.05, 0.1) is 4.92 Å². The number of aromatic nitrogens is 2. The number of ether oxygens (including phenoxy) is 2. The second-order valence-electron chi connectivity index (χ2n) is 6.86. The molecule has 0 spiro atoms. The van der Waals surface area contributed by atoms with Crippen LogP contribution in [0, 0.1) is 21.4 Å². The molecule has 0 fully saturated rings. The molecule has 2 aromatic carbocycles. The first-order valence-corrected chi connectivity index (χ1v) is 11.2. The number of hydrogen-bond acceptors (Lipinski definition) is 9. The molecular formula is C23H21N5O5S. The van der Waals surface area contributed by atoms with Crippen LogP contribution in [0.5, 0.6) is 11.5 Å². The molecule has 34 heavy (non-hydrogen) atoms. The van der Waals surface area contributed by atoms with Crippen LogP contribution in [-0.4, -0.2) is 34.2 Å². The first kappa shape index (κ1) is 24.3. The summed E-state index contributed by atoms with van der Waals surface area (Å²) in [4.78, 5) is 22.8. The lowest BCUT2D eigenvalue weighted by Gasteiger charge is -2.11. The molecule has 0 unspecified atom stereocenters. The number of para-hydroxylation sites is 1. The Bertz CT molecular complexity index is 1220. The molecule has 0 atom stereocenters. The van der Waals surface area contributed by atoms with Gasteiger partial charge in [0.15, 0.2) is 0 Å². The van der Waals surface area contributed by atoms with Gasteiger partial charge in [0.2, 0.25) is 5.13 Å². The van der Waals surface area contributed by atoms with Crippen LogP contribution >= 0.6 is 11.3 Å². The minimum absolute atomic E-state index is 0.0193. The van der Waals surface area contributed by atoms with Crippen molar-refractivity contribution >= 4 is 34.1 Å². The summed E-state index contributed by atoms with van der Waals surface area (Å²) in [5.74, 6) is 0.360. The van der Waals surface area contributed by atoms with E-state index in [0.29, 0.717) is 22.2 Å². The van der Waals surface area contributed by atoms with Crippen molar-refractivity contribution < 1.29 is 19.2 Å². The minimum atomic E-state index is -0.585. The molecule has 0 bridgehead atoms. The lowest BCUT2D eigenvalue weighted by Crippen LogP contribution is -2.13. The van der Waals surface area contributed by atoms with Crippen LogP contribution in [0.25, 0.3) is 6.08 Å². The molecule has 0 saturated heterocycles. The fraction of sp³-hybridized carbons (Fsp3) is 0.217. The third kappa shape index (κ3) is 6.85. The number of nitrogens with one attached hydrogen (secondary N) is 1. The number of benzene rings is 2. The molecule has 0 radical (unpaired) electrons. The zero-order valence-electron chi connectivity index (χ0n) is 18.3. The fourth-order valence-electron chi connectivity index (χ4n) is 2.79. The summed E-state index contributed by atoms with van der Waals surface area (Å²) in [6.45, 7) is 2.40. The molecule has 1 heterocycles. The summed E-state index contributed by atoms with van der Waals surface area (Å²) in [6.07, 6.45) is 3.13. The average Bonchev–Trinajstić information content (AvgIpc) is 3.28. The third-order valence-corrected chi connectivity index (χ3v) is 5.29. The number of carbonyl (C=O) groups is 1. The smallest absolute Gasteiger partial charge is 0.269 e. The molecule has 0 aliphatic heterocycles.